The molecule has 20 heavy (non-hydrogen) atoms. The van der Waals surface area contributed by atoms with Gasteiger partial charge >= 0.3 is 5.97 Å². The molecule has 0 aliphatic rings. The highest BCUT2D eigenvalue weighted by atomic mass is 79.9. The third kappa shape index (κ3) is 3.34. The zero-order chi connectivity index (χ0) is 14.7. The van der Waals surface area contributed by atoms with Crippen LogP contribution in [0.25, 0.3) is 0 Å². The van der Waals surface area contributed by atoms with Crippen LogP contribution in [0.1, 0.15) is 20.7 Å². The summed E-state index contributed by atoms with van der Waals surface area (Å²) < 4.78 is 0.600. The van der Waals surface area contributed by atoms with Crippen LogP contribution in [0.15, 0.2) is 41.1 Å². The minimum Gasteiger partial charge on any atom is -0.478 e. The van der Waals surface area contributed by atoms with E-state index in [9.17, 15) is 9.59 Å². The maximum absolute atomic E-state index is 12.0. The number of benzene rings is 1. The maximum Gasteiger partial charge on any atom is 0.337 e. The third-order valence-corrected chi connectivity index (χ3v) is 3.15. The molecule has 1 aromatic heterocycles. The van der Waals surface area contributed by atoms with Gasteiger partial charge in [0.05, 0.1) is 16.8 Å². The number of carbonyl (C=O) groups is 2. The van der Waals surface area contributed by atoms with Gasteiger partial charge < -0.3 is 10.4 Å². The fourth-order valence-corrected chi connectivity index (χ4v) is 1.92. The van der Waals surface area contributed by atoms with Crippen LogP contribution in [0.3, 0.4) is 0 Å². The summed E-state index contributed by atoms with van der Waals surface area (Å²) in [7, 11) is 0. The third-order valence-electron chi connectivity index (χ3n) is 2.45. The van der Waals surface area contributed by atoms with Crippen LogP contribution >= 0.6 is 27.5 Å². The Morgan fingerprint density at radius 3 is 2.60 bits per heavy atom. The Labute approximate surface area is 127 Å². The molecule has 0 radical (unpaired) electrons. The zero-order valence-corrected chi connectivity index (χ0v) is 12.3. The molecule has 2 aromatic rings. The molecule has 1 aromatic carbocycles. The monoisotopic (exact) mass is 354 g/mol. The van der Waals surface area contributed by atoms with Gasteiger partial charge in [-0.25, -0.2) is 9.78 Å². The van der Waals surface area contributed by atoms with Gasteiger partial charge in [-0.15, -0.1) is 0 Å². The zero-order valence-electron chi connectivity index (χ0n) is 9.93. The molecule has 1 amide bonds. The predicted molar refractivity (Wildman–Crippen MR) is 78.3 cm³/mol. The van der Waals surface area contributed by atoms with Crippen LogP contribution in [-0.2, 0) is 0 Å². The standard InChI is InChI=1S/C13H8BrClN2O3/c14-11-4-1-7(6-16-11)12(18)17-10-5-8(15)2-3-9(10)13(19)20/h1-6H,(H,17,18)(H,19,20). The maximum atomic E-state index is 12.0. The minimum absolute atomic E-state index is 0.0344. The van der Waals surface area contributed by atoms with Gasteiger partial charge in [-0.05, 0) is 46.3 Å². The van der Waals surface area contributed by atoms with Crippen molar-refractivity contribution >= 4 is 45.1 Å². The van der Waals surface area contributed by atoms with Gasteiger partial charge in [0.2, 0.25) is 0 Å². The van der Waals surface area contributed by atoms with Gasteiger partial charge in [-0.1, -0.05) is 11.6 Å². The molecule has 0 spiro atoms. The Balaban J connectivity index is 2.29. The van der Waals surface area contributed by atoms with Crippen LogP contribution in [0.4, 0.5) is 5.69 Å². The average Bonchev–Trinajstić information content (AvgIpc) is 2.39. The van der Waals surface area contributed by atoms with Crippen molar-refractivity contribution in [1.29, 1.82) is 0 Å². The van der Waals surface area contributed by atoms with E-state index >= 15 is 0 Å². The number of aromatic nitrogens is 1. The summed E-state index contributed by atoms with van der Waals surface area (Å²) in [6.07, 6.45) is 1.38. The van der Waals surface area contributed by atoms with Crippen molar-refractivity contribution in [3.8, 4) is 0 Å². The fourth-order valence-electron chi connectivity index (χ4n) is 1.51. The number of aromatic carboxylic acids is 1. The second-order valence-corrected chi connectivity index (χ2v) is 5.07. The number of carboxylic acids is 1. The Hall–Kier alpha value is -1.92. The van der Waals surface area contributed by atoms with E-state index in [0.717, 1.165) is 0 Å². The second-order valence-electron chi connectivity index (χ2n) is 3.82. The van der Waals surface area contributed by atoms with E-state index in [1.807, 2.05) is 0 Å². The molecule has 0 aliphatic carbocycles. The Morgan fingerprint density at radius 2 is 2.00 bits per heavy atom. The van der Waals surface area contributed by atoms with Gasteiger partial charge in [-0.2, -0.15) is 0 Å². The van der Waals surface area contributed by atoms with Crippen molar-refractivity contribution in [2.24, 2.45) is 0 Å². The van der Waals surface area contributed by atoms with Crippen molar-refractivity contribution in [1.82, 2.24) is 4.98 Å². The first-order chi connectivity index (χ1) is 9.47. The normalized spacial score (nSPS) is 10.1. The fraction of sp³-hybridized carbons (Fsp3) is 0. The summed E-state index contributed by atoms with van der Waals surface area (Å²) in [5.74, 6) is -1.61. The van der Waals surface area contributed by atoms with Crippen LogP contribution in [0.2, 0.25) is 5.02 Å². The van der Waals surface area contributed by atoms with Gasteiger partial charge in [-0.3, -0.25) is 4.79 Å². The number of carbonyl (C=O) groups excluding carboxylic acids is 1. The number of rotatable bonds is 3. The van der Waals surface area contributed by atoms with Crippen molar-refractivity contribution in [3.05, 3.63) is 57.3 Å². The first kappa shape index (κ1) is 14.5. The summed E-state index contributed by atoms with van der Waals surface area (Å²) in [5.41, 5.74) is 0.412. The minimum atomic E-state index is -1.15. The molecule has 0 saturated heterocycles. The molecule has 0 bridgehead atoms. The van der Waals surface area contributed by atoms with Crippen molar-refractivity contribution in [3.63, 3.8) is 0 Å². The number of carboxylic acid groups (broad SMARTS) is 1. The van der Waals surface area contributed by atoms with Gasteiger partial charge in [0, 0.05) is 11.2 Å². The SMILES string of the molecule is O=C(Nc1cc(Cl)ccc1C(=O)O)c1ccc(Br)nc1. The Bertz CT molecular complexity index is 674. The van der Waals surface area contributed by atoms with Crippen LogP contribution < -0.4 is 5.32 Å². The largest absolute Gasteiger partial charge is 0.478 e. The van der Waals surface area contributed by atoms with E-state index in [1.54, 1.807) is 12.1 Å². The summed E-state index contributed by atoms with van der Waals surface area (Å²) in [5, 5.41) is 11.9. The quantitative estimate of drug-likeness (QED) is 0.827. The topological polar surface area (TPSA) is 79.3 Å². The summed E-state index contributed by atoms with van der Waals surface area (Å²) in [6.45, 7) is 0. The van der Waals surface area contributed by atoms with E-state index in [0.29, 0.717) is 15.2 Å². The van der Waals surface area contributed by atoms with E-state index in [2.05, 4.69) is 26.2 Å². The first-order valence-corrected chi connectivity index (χ1v) is 6.60. The molecule has 102 valence electrons. The smallest absolute Gasteiger partial charge is 0.337 e. The molecule has 2 rings (SSSR count). The molecule has 0 fully saturated rings. The highest BCUT2D eigenvalue weighted by Crippen LogP contribution is 2.22. The molecule has 7 heteroatoms. The number of anilines is 1. The van der Waals surface area contributed by atoms with Gasteiger partial charge in [0.1, 0.15) is 4.60 Å². The lowest BCUT2D eigenvalue weighted by Gasteiger charge is -2.08. The number of nitrogens with zero attached hydrogens (tertiary/aromatic N) is 1. The van der Waals surface area contributed by atoms with Crippen molar-refractivity contribution in [2.75, 3.05) is 5.32 Å². The molecule has 0 unspecified atom stereocenters. The summed E-state index contributed by atoms with van der Waals surface area (Å²) >= 11 is 8.97. The molecular formula is C13H8BrClN2O3. The molecule has 0 atom stereocenters. The average molecular weight is 356 g/mol. The van der Waals surface area contributed by atoms with Gasteiger partial charge in [0.15, 0.2) is 0 Å². The van der Waals surface area contributed by atoms with E-state index in [-0.39, 0.29) is 11.3 Å². The Morgan fingerprint density at radius 1 is 1.25 bits per heavy atom. The van der Waals surface area contributed by atoms with Crippen LogP contribution in [-0.4, -0.2) is 22.0 Å². The van der Waals surface area contributed by atoms with E-state index < -0.39 is 11.9 Å². The summed E-state index contributed by atoms with van der Waals surface area (Å²) in [6, 6.07) is 7.35. The highest BCUT2D eigenvalue weighted by molar-refractivity contribution is 9.10. The molecule has 1 heterocycles. The lowest BCUT2D eigenvalue weighted by atomic mass is 10.1. The van der Waals surface area contributed by atoms with Crippen molar-refractivity contribution in [2.45, 2.75) is 0 Å². The highest BCUT2D eigenvalue weighted by Gasteiger charge is 2.14. The number of hydrogen-bond acceptors (Lipinski definition) is 3. The van der Waals surface area contributed by atoms with E-state index in [4.69, 9.17) is 16.7 Å². The predicted octanol–water partition coefficient (Wildman–Crippen LogP) is 3.45. The number of hydrogen-bond donors (Lipinski definition) is 2. The van der Waals surface area contributed by atoms with Crippen LogP contribution in [0, 0.1) is 0 Å². The van der Waals surface area contributed by atoms with Gasteiger partial charge in [0.25, 0.3) is 5.91 Å². The number of amides is 1. The first-order valence-electron chi connectivity index (χ1n) is 5.43. The van der Waals surface area contributed by atoms with Crippen molar-refractivity contribution < 1.29 is 14.7 Å². The number of pyridine rings is 1. The molecule has 0 aliphatic heterocycles. The van der Waals surface area contributed by atoms with E-state index in [1.165, 1.54) is 24.4 Å². The molecule has 0 saturated carbocycles. The lowest BCUT2D eigenvalue weighted by molar-refractivity contribution is 0.0698. The lowest BCUT2D eigenvalue weighted by Crippen LogP contribution is -2.15. The number of nitrogens with one attached hydrogen (secondary N) is 1. The molecule has 5 nitrogen and oxygen atoms in total. The molecular weight excluding hydrogens is 348 g/mol. The second kappa shape index (κ2) is 6.02. The van der Waals surface area contributed by atoms with Crippen LogP contribution in [0.5, 0.6) is 0 Å². The number of halogens is 2. The Kier molecular flexibility index (Phi) is 4.36. The molecule has 2 N–H and O–H groups in total. The summed E-state index contributed by atoms with van der Waals surface area (Å²) in [4.78, 5) is 27.0.